The smallest absolute Gasteiger partial charge is 0.330 e. The molecule has 4 nitrogen and oxygen atoms in total. The number of alkyl halides is 4. The number of nitrogen functional groups attached to an aromatic ring is 1. The summed E-state index contributed by atoms with van der Waals surface area (Å²) in [7, 11) is 0. The lowest BCUT2D eigenvalue weighted by atomic mass is 10.0. The van der Waals surface area contributed by atoms with Crippen molar-refractivity contribution in [3.8, 4) is 0 Å². The summed E-state index contributed by atoms with van der Waals surface area (Å²) >= 11 is 0. The molecule has 0 unspecified atom stereocenters. The van der Waals surface area contributed by atoms with Crippen molar-refractivity contribution in [1.29, 1.82) is 0 Å². The average Bonchev–Trinajstić information content (AvgIpc) is 2.91. The normalized spacial score (nSPS) is 16.8. The van der Waals surface area contributed by atoms with Crippen LogP contribution in [0.2, 0.25) is 0 Å². The first-order valence-electron chi connectivity index (χ1n) is 6.75. The van der Waals surface area contributed by atoms with Gasteiger partial charge in [-0.25, -0.2) is 18.7 Å². The van der Waals surface area contributed by atoms with Crippen molar-refractivity contribution in [2.24, 2.45) is 0 Å². The molecule has 0 saturated heterocycles. The number of hydrogen-bond donors (Lipinski definition) is 1. The number of rotatable bonds is 6. The summed E-state index contributed by atoms with van der Waals surface area (Å²) in [4.78, 5) is 8.11. The van der Waals surface area contributed by atoms with Crippen LogP contribution in [0.5, 0.6) is 0 Å². The highest BCUT2D eigenvalue weighted by atomic mass is 19.3. The largest absolute Gasteiger partial charge is 0.384 e. The first-order chi connectivity index (χ1) is 9.88. The van der Waals surface area contributed by atoms with Crippen molar-refractivity contribution in [3.05, 3.63) is 17.6 Å². The lowest BCUT2D eigenvalue weighted by Gasteiger charge is -2.15. The summed E-state index contributed by atoms with van der Waals surface area (Å²) < 4.78 is 54.0. The molecule has 1 aromatic heterocycles. The maximum atomic E-state index is 12.7. The first-order valence-corrected chi connectivity index (χ1v) is 6.75. The molecule has 1 aromatic rings. The zero-order valence-corrected chi connectivity index (χ0v) is 11.4. The predicted molar refractivity (Wildman–Crippen MR) is 68.3 cm³/mol. The lowest BCUT2D eigenvalue weighted by molar-refractivity contribution is -0.168. The Kier molecular flexibility index (Phi) is 4.97. The highest BCUT2D eigenvalue weighted by Crippen LogP contribution is 2.33. The summed E-state index contributed by atoms with van der Waals surface area (Å²) in [5.74, 6) is -3.51. The molecule has 0 atom stereocenters. The molecule has 1 saturated carbocycles. The molecule has 1 aliphatic rings. The van der Waals surface area contributed by atoms with E-state index < -0.39 is 19.0 Å². The number of aromatic nitrogens is 2. The molecule has 0 aliphatic heterocycles. The van der Waals surface area contributed by atoms with E-state index in [0.29, 0.717) is 0 Å². The van der Waals surface area contributed by atoms with Crippen LogP contribution in [0, 0.1) is 0 Å². The fourth-order valence-corrected chi connectivity index (χ4v) is 2.38. The Morgan fingerprint density at radius 2 is 1.95 bits per heavy atom. The van der Waals surface area contributed by atoms with Gasteiger partial charge in [0.05, 0.1) is 0 Å². The minimum absolute atomic E-state index is 0.141. The van der Waals surface area contributed by atoms with Crippen LogP contribution >= 0.6 is 0 Å². The van der Waals surface area contributed by atoms with Crippen LogP contribution in [0.15, 0.2) is 6.07 Å². The molecular formula is C13H17F4N3O. The van der Waals surface area contributed by atoms with E-state index in [1.165, 1.54) is 0 Å². The number of nitrogens with zero attached hydrogens (tertiary/aromatic N) is 2. The molecule has 2 N–H and O–H groups in total. The fourth-order valence-electron chi connectivity index (χ4n) is 2.38. The predicted octanol–water partition coefficient (Wildman–Crippen LogP) is 3.13. The third kappa shape index (κ3) is 4.26. The second-order valence-electron chi connectivity index (χ2n) is 5.17. The van der Waals surface area contributed by atoms with E-state index in [0.717, 1.165) is 31.4 Å². The van der Waals surface area contributed by atoms with Gasteiger partial charge in [0.1, 0.15) is 19.0 Å². The Balaban J connectivity index is 1.97. The molecular weight excluding hydrogens is 290 g/mol. The topological polar surface area (TPSA) is 61.0 Å². The van der Waals surface area contributed by atoms with Crippen LogP contribution in [-0.4, -0.2) is 28.9 Å². The second kappa shape index (κ2) is 6.55. The third-order valence-corrected chi connectivity index (χ3v) is 3.43. The highest BCUT2D eigenvalue weighted by molar-refractivity contribution is 5.31. The number of anilines is 1. The second-order valence-corrected chi connectivity index (χ2v) is 5.17. The quantitative estimate of drug-likeness (QED) is 0.820. The SMILES string of the molecule is Nc1cc(C2CCCC2)nc(COCC(F)(F)C(F)F)n1. The van der Waals surface area contributed by atoms with E-state index in [-0.39, 0.29) is 24.2 Å². The maximum absolute atomic E-state index is 12.7. The van der Waals surface area contributed by atoms with Crippen LogP contribution < -0.4 is 5.73 Å². The Morgan fingerprint density at radius 3 is 2.57 bits per heavy atom. The first kappa shape index (κ1) is 15.9. The van der Waals surface area contributed by atoms with Crippen LogP contribution in [0.3, 0.4) is 0 Å². The van der Waals surface area contributed by atoms with E-state index in [2.05, 4.69) is 14.7 Å². The van der Waals surface area contributed by atoms with Crippen molar-refractivity contribution in [3.63, 3.8) is 0 Å². The summed E-state index contributed by atoms with van der Waals surface area (Å²) in [5, 5.41) is 0. The molecule has 1 aliphatic carbocycles. The van der Waals surface area contributed by atoms with E-state index in [9.17, 15) is 17.6 Å². The molecule has 118 valence electrons. The van der Waals surface area contributed by atoms with Gasteiger partial charge in [0.15, 0.2) is 5.82 Å². The van der Waals surface area contributed by atoms with Crippen LogP contribution in [-0.2, 0) is 11.3 Å². The molecule has 1 fully saturated rings. The van der Waals surface area contributed by atoms with Crippen LogP contribution in [0.4, 0.5) is 23.4 Å². The monoisotopic (exact) mass is 307 g/mol. The zero-order valence-electron chi connectivity index (χ0n) is 11.4. The zero-order chi connectivity index (χ0) is 15.5. The van der Waals surface area contributed by atoms with Gasteiger partial charge in [-0.1, -0.05) is 12.8 Å². The lowest BCUT2D eigenvalue weighted by Crippen LogP contribution is -2.32. The van der Waals surface area contributed by atoms with Gasteiger partial charge in [0.2, 0.25) is 0 Å². The minimum Gasteiger partial charge on any atom is -0.384 e. The Bertz CT molecular complexity index is 478. The average molecular weight is 307 g/mol. The van der Waals surface area contributed by atoms with Gasteiger partial charge >= 0.3 is 12.3 Å². The van der Waals surface area contributed by atoms with E-state index in [1.807, 2.05) is 0 Å². The highest BCUT2D eigenvalue weighted by Gasteiger charge is 2.41. The molecule has 21 heavy (non-hydrogen) atoms. The maximum Gasteiger partial charge on any atom is 0.330 e. The number of hydrogen-bond acceptors (Lipinski definition) is 4. The Hall–Kier alpha value is -1.44. The van der Waals surface area contributed by atoms with Crippen molar-refractivity contribution < 1.29 is 22.3 Å². The van der Waals surface area contributed by atoms with E-state index >= 15 is 0 Å². The van der Waals surface area contributed by atoms with Crippen molar-refractivity contribution in [1.82, 2.24) is 9.97 Å². The minimum atomic E-state index is -4.17. The third-order valence-electron chi connectivity index (χ3n) is 3.43. The summed E-state index contributed by atoms with van der Waals surface area (Å²) in [6.45, 7) is -1.74. The van der Waals surface area contributed by atoms with Crippen molar-refractivity contribution in [2.45, 2.75) is 50.6 Å². The Labute approximate surface area is 119 Å². The van der Waals surface area contributed by atoms with Gasteiger partial charge in [-0.15, -0.1) is 0 Å². The van der Waals surface area contributed by atoms with Crippen molar-refractivity contribution in [2.75, 3.05) is 12.3 Å². The molecule has 0 aromatic carbocycles. The molecule has 0 spiro atoms. The van der Waals surface area contributed by atoms with E-state index in [4.69, 9.17) is 5.73 Å². The van der Waals surface area contributed by atoms with Gasteiger partial charge in [-0.05, 0) is 12.8 Å². The Morgan fingerprint density at radius 1 is 1.29 bits per heavy atom. The number of ether oxygens (including phenoxy) is 1. The molecule has 1 heterocycles. The van der Waals surface area contributed by atoms with Gasteiger partial charge in [0.25, 0.3) is 0 Å². The fraction of sp³-hybridized carbons (Fsp3) is 0.692. The molecule has 2 rings (SSSR count). The summed E-state index contributed by atoms with van der Waals surface area (Å²) in [6.07, 6.45) is 0.468. The molecule has 0 bridgehead atoms. The number of nitrogens with two attached hydrogens (primary N) is 1. The molecule has 0 radical (unpaired) electrons. The standard InChI is InChI=1S/C13H17F4N3O/c14-12(15)13(16,17)7-21-6-11-19-9(5-10(18)20-11)8-3-1-2-4-8/h5,8,12H,1-4,6-7H2,(H2,18,19,20). The summed E-state index contributed by atoms with van der Waals surface area (Å²) in [5.41, 5.74) is 6.42. The summed E-state index contributed by atoms with van der Waals surface area (Å²) in [6, 6.07) is 1.66. The molecule has 0 amide bonds. The van der Waals surface area contributed by atoms with Crippen LogP contribution in [0.1, 0.15) is 43.1 Å². The van der Waals surface area contributed by atoms with Crippen molar-refractivity contribution >= 4 is 5.82 Å². The van der Waals surface area contributed by atoms with Crippen LogP contribution in [0.25, 0.3) is 0 Å². The molecule has 8 heteroatoms. The van der Waals surface area contributed by atoms with E-state index in [1.54, 1.807) is 6.07 Å². The van der Waals surface area contributed by atoms with Gasteiger partial charge < -0.3 is 10.5 Å². The number of halogens is 4. The van der Waals surface area contributed by atoms with Gasteiger partial charge in [0, 0.05) is 17.7 Å². The van der Waals surface area contributed by atoms with Gasteiger partial charge in [-0.3, -0.25) is 0 Å². The van der Waals surface area contributed by atoms with Gasteiger partial charge in [-0.2, -0.15) is 8.78 Å².